The number of carboxylic acid groups (broad SMARTS) is 1. The lowest BCUT2D eigenvalue weighted by Gasteiger charge is -2.16. The fraction of sp³-hybridized carbons (Fsp3) is 0.700. The summed E-state index contributed by atoms with van der Waals surface area (Å²) in [6, 6.07) is -1.03. The van der Waals surface area contributed by atoms with E-state index in [-0.39, 0.29) is 24.0 Å². The van der Waals surface area contributed by atoms with Gasteiger partial charge in [0, 0.05) is 6.42 Å². The topological polar surface area (TPSA) is 109 Å². The molecule has 0 aromatic heterocycles. The van der Waals surface area contributed by atoms with Gasteiger partial charge < -0.3 is 16.2 Å². The molecule has 1 aliphatic heterocycles. The van der Waals surface area contributed by atoms with Gasteiger partial charge in [-0.25, -0.2) is 4.79 Å². The zero-order valence-electron chi connectivity index (χ0n) is 9.35. The molecule has 1 aliphatic rings. The van der Waals surface area contributed by atoms with E-state index in [1.54, 1.807) is 0 Å². The van der Waals surface area contributed by atoms with Gasteiger partial charge in [-0.3, -0.25) is 9.59 Å². The number of nitrogens with two attached hydrogens (primary N) is 1. The molecule has 4 N–H and O–H groups in total. The van der Waals surface area contributed by atoms with Crippen LogP contribution in [0.1, 0.15) is 25.7 Å². The number of carbonyl (C=O) groups is 3. The number of hydrogen-bond acceptors (Lipinski definition) is 4. The highest BCUT2D eigenvalue weighted by atomic mass is 32.2. The van der Waals surface area contributed by atoms with Gasteiger partial charge in [0.1, 0.15) is 6.04 Å². The highest BCUT2D eigenvalue weighted by Gasteiger charge is 2.27. The summed E-state index contributed by atoms with van der Waals surface area (Å²) >= 11 is 1.53. The quantitative estimate of drug-likeness (QED) is 0.608. The normalized spacial score (nSPS) is 20.8. The Morgan fingerprint density at radius 1 is 1.47 bits per heavy atom. The molecule has 1 heterocycles. The molecule has 1 unspecified atom stereocenters. The van der Waals surface area contributed by atoms with Crippen LogP contribution in [0.2, 0.25) is 0 Å². The SMILES string of the molecule is NC(=O)CC[C@@H](NC(=O)C1CCCS1)C(=O)O. The number of amides is 2. The summed E-state index contributed by atoms with van der Waals surface area (Å²) in [6.07, 6.45) is 1.74. The van der Waals surface area contributed by atoms with Crippen molar-refractivity contribution in [2.24, 2.45) is 5.73 Å². The fourth-order valence-corrected chi connectivity index (χ4v) is 2.76. The van der Waals surface area contributed by atoms with Crippen LogP contribution in [0.4, 0.5) is 0 Å². The third-order valence-corrected chi connectivity index (χ3v) is 3.89. The van der Waals surface area contributed by atoms with Crippen molar-refractivity contribution in [2.75, 3.05) is 5.75 Å². The maximum Gasteiger partial charge on any atom is 0.326 e. The number of carbonyl (C=O) groups excluding carboxylic acids is 2. The first-order chi connectivity index (χ1) is 8.00. The molecule has 2 amide bonds. The summed E-state index contributed by atoms with van der Waals surface area (Å²) in [5, 5.41) is 11.2. The monoisotopic (exact) mass is 260 g/mol. The van der Waals surface area contributed by atoms with E-state index < -0.39 is 17.9 Å². The van der Waals surface area contributed by atoms with Gasteiger partial charge in [-0.1, -0.05) is 0 Å². The number of primary amides is 1. The zero-order chi connectivity index (χ0) is 12.8. The minimum atomic E-state index is -1.14. The molecule has 17 heavy (non-hydrogen) atoms. The Morgan fingerprint density at radius 3 is 2.65 bits per heavy atom. The first kappa shape index (κ1) is 13.8. The Balaban J connectivity index is 2.44. The van der Waals surface area contributed by atoms with E-state index in [0.29, 0.717) is 0 Å². The number of nitrogens with one attached hydrogen (secondary N) is 1. The second-order valence-electron chi connectivity index (χ2n) is 3.91. The van der Waals surface area contributed by atoms with Crippen LogP contribution in [0.3, 0.4) is 0 Å². The van der Waals surface area contributed by atoms with Crippen LogP contribution < -0.4 is 11.1 Å². The van der Waals surface area contributed by atoms with Crippen LogP contribution in [-0.2, 0) is 14.4 Å². The molecule has 6 nitrogen and oxygen atoms in total. The van der Waals surface area contributed by atoms with Crippen molar-refractivity contribution in [1.29, 1.82) is 0 Å². The summed E-state index contributed by atoms with van der Waals surface area (Å²) in [7, 11) is 0. The molecule has 1 rings (SSSR count). The lowest BCUT2D eigenvalue weighted by molar-refractivity contribution is -0.142. The van der Waals surface area contributed by atoms with E-state index in [4.69, 9.17) is 10.8 Å². The van der Waals surface area contributed by atoms with Gasteiger partial charge in [0.05, 0.1) is 5.25 Å². The second-order valence-corrected chi connectivity index (χ2v) is 5.22. The largest absolute Gasteiger partial charge is 0.480 e. The summed E-state index contributed by atoms with van der Waals surface area (Å²) in [5.74, 6) is -1.04. The average molecular weight is 260 g/mol. The van der Waals surface area contributed by atoms with Gasteiger partial charge >= 0.3 is 5.97 Å². The number of aliphatic carboxylic acids is 1. The molecule has 96 valence electrons. The molecule has 0 aliphatic carbocycles. The summed E-state index contributed by atoms with van der Waals surface area (Å²) in [5.41, 5.74) is 4.95. The Labute approximate surface area is 103 Å². The number of thioether (sulfide) groups is 1. The molecule has 0 saturated carbocycles. The lowest BCUT2D eigenvalue weighted by Crippen LogP contribution is -2.44. The highest BCUT2D eigenvalue weighted by Crippen LogP contribution is 2.26. The van der Waals surface area contributed by atoms with E-state index in [1.807, 2.05) is 0 Å². The second kappa shape index (κ2) is 6.48. The van der Waals surface area contributed by atoms with E-state index in [0.717, 1.165) is 18.6 Å². The zero-order valence-corrected chi connectivity index (χ0v) is 10.2. The van der Waals surface area contributed by atoms with Crippen LogP contribution in [0.25, 0.3) is 0 Å². The third-order valence-electron chi connectivity index (χ3n) is 2.52. The van der Waals surface area contributed by atoms with E-state index in [9.17, 15) is 14.4 Å². The Hall–Kier alpha value is -1.24. The minimum absolute atomic E-state index is 0.0355. The highest BCUT2D eigenvalue weighted by molar-refractivity contribution is 8.00. The van der Waals surface area contributed by atoms with Gasteiger partial charge in [-0.05, 0) is 25.0 Å². The van der Waals surface area contributed by atoms with E-state index in [1.165, 1.54) is 11.8 Å². The average Bonchev–Trinajstić information content (AvgIpc) is 2.76. The molecule has 0 aromatic rings. The first-order valence-electron chi connectivity index (χ1n) is 5.44. The lowest BCUT2D eigenvalue weighted by atomic mass is 10.1. The summed E-state index contributed by atoms with van der Waals surface area (Å²) in [6.45, 7) is 0. The third kappa shape index (κ3) is 4.64. The fourth-order valence-electron chi connectivity index (χ4n) is 1.59. The predicted molar refractivity (Wildman–Crippen MR) is 63.5 cm³/mol. The Morgan fingerprint density at radius 2 is 2.18 bits per heavy atom. The van der Waals surface area contributed by atoms with Crippen molar-refractivity contribution >= 4 is 29.5 Å². The van der Waals surface area contributed by atoms with Gasteiger partial charge in [0.2, 0.25) is 11.8 Å². The van der Waals surface area contributed by atoms with Crippen LogP contribution >= 0.6 is 11.8 Å². The van der Waals surface area contributed by atoms with Crippen molar-refractivity contribution in [2.45, 2.75) is 37.0 Å². The van der Waals surface area contributed by atoms with Gasteiger partial charge in [0.15, 0.2) is 0 Å². The van der Waals surface area contributed by atoms with Crippen LogP contribution in [0.5, 0.6) is 0 Å². The first-order valence-corrected chi connectivity index (χ1v) is 6.48. The molecular formula is C10H16N2O4S. The van der Waals surface area contributed by atoms with Crippen molar-refractivity contribution in [3.8, 4) is 0 Å². The van der Waals surface area contributed by atoms with Crippen molar-refractivity contribution in [3.63, 3.8) is 0 Å². The number of carboxylic acids is 1. The Bertz CT molecular complexity index is 315. The molecule has 0 aromatic carbocycles. The maximum atomic E-state index is 11.7. The van der Waals surface area contributed by atoms with E-state index >= 15 is 0 Å². The smallest absolute Gasteiger partial charge is 0.326 e. The van der Waals surface area contributed by atoms with Crippen LogP contribution in [-0.4, -0.2) is 39.9 Å². The number of hydrogen-bond donors (Lipinski definition) is 3. The summed E-state index contributed by atoms with van der Waals surface area (Å²) < 4.78 is 0. The minimum Gasteiger partial charge on any atom is -0.480 e. The van der Waals surface area contributed by atoms with Crippen LogP contribution in [0, 0.1) is 0 Å². The predicted octanol–water partition coefficient (Wildman–Crippen LogP) is -0.283. The molecular weight excluding hydrogens is 244 g/mol. The van der Waals surface area contributed by atoms with Crippen molar-refractivity contribution in [1.82, 2.24) is 5.32 Å². The molecule has 1 saturated heterocycles. The Kier molecular flexibility index (Phi) is 5.27. The molecule has 2 atom stereocenters. The van der Waals surface area contributed by atoms with Crippen LogP contribution in [0.15, 0.2) is 0 Å². The molecule has 7 heteroatoms. The van der Waals surface area contributed by atoms with Gasteiger partial charge in [-0.15, -0.1) is 11.8 Å². The standard InChI is InChI=1S/C10H16N2O4S/c11-8(13)4-3-6(10(15)16)12-9(14)7-2-1-5-17-7/h6-7H,1-5H2,(H2,11,13)(H,12,14)(H,15,16)/t6-,7?/m1/s1. The van der Waals surface area contributed by atoms with Gasteiger partial charge in [-0.2, -0.15) is 0 Å². The maximum absolute atomic E-state index is 11.7. The van der Waals surface area contributed by atoms with Crippen molar-refractivity contribution < 1.29 is 19.5 Å². The molecule has 1 fully saturated rings. The van der Waals surface area contributed by atoms with E-state index in [2.05, 4.69) is 5.32 Å². The summed E-state index contributed by atoms with van der Waals surface area (Å²) in [4.78, 5) is 33.2. The molecule has 0 bridgehead atoms. The van der Waals surface area contributed by atoms with Crippen molar-refractivity contribution in [3.05, 3.63) is 0 Å². The molecule has 0 radical (unpaired) electrons. The molecule has 0 spiro atoms. The van der Waals surface area contributed by atoms with Gasteiger partial charge in [0.25, 0.3) is 0 Å². The number of rotatable bonds is 6.